The van der Waals surface area contributed by atoms with E-state index in [1.54, 1.807) is 29.2 Å². The lowest BCUT2D eigenvalue weighted by atomic mass is 9.96. The lowest BCUT2D eigenvalue weighted by molar-refractivity contribution is -0.137. The number of fused-ring (bicyclic) bond motifs is 1. The number of pyridine rings is 1. The minimum atomic E-state index is -4.47. The Bertz CT molecular complexity index is 1320. The van der Waals surface area contributed by atoms with E-state index in [0.717, 1.165) is 12.3 Å². The molecule has 1 fully saturated rings. The summed E-state index contributed by atoms with van der Waals surface area (Å²) in [7, 11) is 0. The number of aromatic nitrogens is 3. The first-order valence-electron chi connectivity index (χ1n) is 10.9. The molecule has 2 aromatic heterocycles. The lowest BCUT2D eigenvalue weighted by Gasteiger charge is -2.32. The molecule has 1 unspecified atom stereocenters. The number of hydrogen-bond acceptors (Lipinski definition) is 4. The molecule has 3 heterocycles. The van der Waals surface area contributed by atoms with Crippen LogP contribution < -0.4 is 4.74 Å². The first-order valence-corrected chi connectivity index (χ1v) is 10.9. The monoisotopic (exact) mass is 466 g/mol. The molecular weight excluding hydrogens is 445 g/mol. The molecule has 0 radical (unpaired) electrons. The van der Waals surface area contributed by atoms with Crippen molar-refractivity contribution in [2.24, 2.45) is 0 Å². The quantitative estimate of drug-likeness (QED) is 0.395. The molecule has 1 aliphatic rings. The number of nitrogens with zero attached hydrogens (tertiary/aromatic N) is 4. The Balaban J connectivity index is 1.40. The molecule has 2 aromatic carbocycles. The zero-order valence-corrected chi connectivity index (χ0v) is 18.1. The number of likely N-dealkylation sites (tertiary alicyclic amines) is 1. The summed E-state index contributed by atoms with van der Waals surface area (Å²) >= 11 is 0. The largest absolute Gasteiger partial charge is 0.457 e. The predicted molar refractivity (Wildman–Crippen MR) is 119 cm³/mol. The van der Waals surface area contributed by atoms with Crippen LogP contribution in [-0.4, -0.2) is 38.5 Å². The van der Waals surface area contributed by atoms with Crippen molar-refractivity contribution in [3.05, 3.63) is 89.9 Å². The van der Waals surface area contributed by atoms with Crippen molar-refractivity contribution in [3.63, 3.8) is 0 Å². The van der Waals surface area contributed by atoms with Crippen molar-refractivity contribution in [3.8, 4) is 11.5 Å². The van der Waals surface area contributed by atoms with Crippen molar-refractivity contribution < 1.29 is 22.7 Å². The number of rotatable bonds is 4. The highest BCUT2D eigenvalue weighted by molar-refractivity contribution is 5.97. The molecule has 1 aliphatic heterocycles. The fraction of sp³-hybridized carbons (Fsp3) is 0.240. The maximum absolute atomic E-state index is 13.4. The Morgan fingerprint density at radius 2 is 1.74 bits per heavy atom. The van der Waals surface area contributed by atoms with Gasteiger partial charge >= 0.3 is 6.18 Å². The van der Waals surface area contributed by atoms with Crippen LogP contribution in [0.15, 0.2) is 72.9 Å². The first kappa shape index (κ1) is 21.9. The third kappa shape index (κ3) is 4.33. The van der Waals surface area contributed by atoms with Crippen LogP contribution in [0.1, 0.15) is 40.5 Å². The van der Waals surface area contributed by atoms with Gasteiger partial charge in [0.25, 0.3) is 5.91 Å². The van der Waals surface area contributed by atoms with Crippen LogP contribution in [0.2, 0.25) is 0 Å². The highest BCUT2D eigenvalue weighted by Crippen LogP contribution is 2.33. The van der Waals surface area contributed by atoms with Crippen LogP contribution in [0.25, 0.3) is 5.65 Å². The van der Waals surface area contributed by atoms with Gasteiger partial charge in [0.1, 0.15) is 17.3 Å². The number of para-hydroxylation sites is 2. The first-order chi connectivity index (χ1) is 16.4. The fourth-order valence-corrected chi connectivity index (χ4v) is 4.25. The van der Waals surface area contributed by atoms with E-state index in [1.807, 2.05) is 30.3 Å². The SMILES string of the molecule is O=C(c1ccccc1Oc1ccccc1)N1CCCC(c2nnc3ccc(C(F)(F)F)cn23)C1. The van der Waals surface area contributed by atoms with E-state index in [-0.39, 0.29) is 11.8 Å². The maximum Gasteiger partial charge on any atom is 0.417 e. The Hall–Kier alpha value is -3.88. The van der Waals surface area contributed by atoms with Crippen LogP contribution in [0.5, 0.6) is 11.5 Å². The summed E-state index contributed by atoms with van der Waals surface area (Å²) in [6.07, 6.45) is -2.05. The Morgan fingerprint density at radius 3 is 2.53 bits per heavy atom. The third-order valence-corrected chi connectivity index (χ3v) is 5.92. The van der Waals surface area contributed by atoms with E-state index in [2.05, 4.69) is 10.2 Å². The summed E-state index contributed by atoms with van der Waals surface area (Å²) in [5.74, 6) is 1.06. The third-order valence-electron chi connectivity index (χ3n) is 5.92. The number of benzene rings is 2. The zero-order valence-electron chi connectivity index (χ0n) is 18.1. The molecule has 6 nitrogen and oxygen atoms in total. The highest BCUT2D eigenvalue weighted by atomic mass is 19.4. The van der Waals surface area contributed by atoms with Gasteiger partial charge in [-0.25, -0.2) is 0 Å². The molecule has 1 saturated heterocycles. The van der Waals surface area contributed by atoms with E-state index in [0.29, 0.717) is 54.5 Å². The van der Waals surface area contributed by atoms with Crippen molar-refractivity contribution in [2.45, 2.75) is 24.9 Å². The van der Waals surface area contributed by atoms with E-state index in [9.17, 15) is 18.0 Å². The van der Waals surface area contributed by atoms with Gasteiger partial charge in [0.15, 0.2) is 5.65 Å². The van der Waals surface area contributed by atoms with Crippen molar-refractivity contribution in [1.82, 2.24) is 19.5 Å². The van der Waals surface area contributed by atoms with Gasteiger partial charge in [0.05, 0.1) is 11.1 Å². The molecule has 5 rings (SSSR count). The summed E-state index contributed by atoms with van der Waals surface area (Å²) < 4.78 is 47.0. The molecule has 4 aromatic rings. The molecule has 1 amide bonds. The Morgan fingerprint density at radius 1 is 0.971 bits per heavy atom. The summed E-state index contributed by atoms with van der Waals surface area (Å²) in [4.78, 5) is 15.1. The fourth-order valence-electron chi connectivity index (χ4n) is 4.25. The van der Waals surface area contributed by atoms with Crippen LogP contribution in [0.3, 0.4) is 0 Å². The molecule has 0 aliphatic carbocycles. The highest BCUT2D eigenvalue weighted by Gasteiger charge is 2.33. The minimum Gasteiger partial charge on any atom is -0.457 e. The molecule has 0 spiro atoms. The number of alkyl halides is 3. The smallest absolute Gasteiger partial charge is 0.417 e. The standard InChI is InChI=1S/C25H21F3N4O2/c26-25(27,28)18-12-13-22-29-30-23(32(22)16-18)17-7-6-14-31(15-17)24(33)20-10-4-5-11-21(20)34-19-8-2-1-3-9-19/h1-5,8-13,16-17H,6-7,14-15H2. The number of carbonyl (C=O) groups is 1. The molecule has 0 N–H and O–H groups in total. The van der Waals surface area contributed by atoms with E-state index < -0.39 is 11.7 Å². The summed E-state index contributed by atoms with van der Waals surface area (Å²) in [5, 5.41) is 8.19. The van der Waals surface area contributed by atoms with Crippen molar-refractivity contribution >= 4 is 11.6 Å². The number of carbonyl (C=O) groups excluding carboxylic acids is 1. The van der Waals surface area contributed by atoms with Crippen molar-refractivity contribution in [1.29, 1.82) is 0 Å². The molecule has 0 bridgehead atoms. The molecule has 174 valence electrons. The summed E-state index contributed by atoms with van der Waals surface area (Å²) in [5.41, 5.74) is 0.00213. The Labute approximate surface area is 193 Å². The van der Waals surface area contributed by atoms with Gasteiger partial charge in [-0.1, -0.05) is 30.3 Å². The number of hydrogen-bond donors (Lipinski definition) is 0. The van der Waals surface area contributed by atoms with E-state index in [1.165, 1.54) is 10.5 Å². The van der Waals surface area contributed by atoms with Gasteiger partial charge in [-0.3, -0.25) is 9.20 Å². The second-order valence-corrected chi connectivity index (χ2v) is 8.20. The lowest BCUT2D eigenvalue weighted by Crippen LogP contribution is -2.39. The van der Waals surface area contributed by atoms with Crippen LogP contribution >= 0.6 is 0 Å². The second-order valence-electron chi connectivity index (χ2n) is 8.20. The second kappa shape index (κ2) is 8.81. The summed E-state index contributed by atoms with van der Waals surface area (Å²) in [6, 6.07) is 18.5. The average molecular weight is 466 g/mol. The van der Waals surface area contributed by atoms with Gasteiger partial charge in [-0.05, 0) is 49.2 Å². The average Bonchev–Trinajstić information content (AvgIpc) is 3.28. The van der Waals surface area contributed by atoms with E-state index in [4.69, 9.17) is 4.74 Å². The number of halogens is 3. The molecule has 9 heteroatoms. The summed E-state index contributed by atoms with van der Waals surface area (Å²) in [6.45, 7) is 0.870. The topological polar surface area (TPSA) is 59.7 Å². The van der Waals surface area contributed by atoms with Gasteiger partial charge in [-0.2, -0.15) is 13.2 Å². The van der Waals surface area contributed by atoms with Gasteiger partial charge in [0.2, 0.25) is 0 Å². The van der Waals surface area contributed by atoms with E-state index >= 15 is 0 Å². The van der Waals surface area contributed by atoms with Gasteiger partial charge in [-0.15, -0.1) is 10.2 Å². The molecule has 1 atom stereocenters. The maximum atomic E-state index is 13.4. The van der Waals surface area contributed by atoms with Crippen molar-refractivity contribution in [2.75, 3.05) is 13.1 Å². The molecule has 34 heavy (non-hydrogen) atoms. The number of ether oxygens (including phenoxy) is 1. The molecular formula is C25H21F3N4O2. The van der Waals surface area contributed by atoms with Crippen LogP contribution in [0.4, 0.5) is 13.2 Å². The number of amides is 1. The molecule has 0 saturated carbocycles. The van der Waals surface area contributed by atoms with Crippen LogP contribution in [-0.2, 0) is 6.18 Å². The Kier molecular flexibility index (Phi) is 5.69. The minimum absolute atomic E-state index is 0.193. The van der Waals surface area contributed by atoms with Gasteiger partial charge in [0, 0.05) is 25.2 Å². The normalized spacial score (nSPS) is 16.6. The number of piperidine rings is 1. The zero-order chi connectivity index (χ0) is 23.7. The predicted octanol–water partition coefficient (Wildman–Crippen LogP) is 5.56. The van der Waals surface area contributed by atoms with Gasteiger partial charge < -0.3 is 9.64 Å². The van der Waals surface area contributed by atoms with Crippen LogP contribution in [0, 0.1) is 0 Å².